The van der Waals surface area contributed by atoms with E-state index >= 15 is 0 Å². The van der Waals surface area contributed by atoms with Gasteiger partial charge in [0.15, 0.2) is 0 Å². The Morgan fingerprint density at radius 1 is 1.06 bits per heavy atom. The third kappa shape index (κ3) is 1.90. The average molecular weight is 328 g/mol. The van der Waals surface area contributed by atoms with Crippen LogP contribution in [-0.4, -0.2) is 12.1 Å². The summed E-state index contributed by atoms with van der Waals surface area (Å²) < 4.78 is 1.30. The van der Waals surface area contributed by atoms with Crippen LogP contribution in [0.15, 0.2) is 18.2 Å². The lowest BCUT2D eigenvalue weighted by Gasteiger charge is -2.43. The Morgan fingerprint density at radius 3 is 2.69 bits per heavy atom. The van der Waals surface area contributed by atoms with E-state index in [1.54, 1.807) is 0 Å². The Balaban J connectivity index is 1.88. The number of benzene rings is 1. The summed E-state index contributed by atoms with van der Waals surface area (Å²) in [6, 6.07) is 6.61. The van der Waals surface area contributed by atoms with Crippen LogP contribution in [0.1, 0.15) is 32.1 Å². The summed E-state index contributed by atoms with van der Waals surface area (Å²) >= 11 is 2.36. The number of fused-ring (bicyclic) bond motifs is 1. The number of nitrogens with one attached hydrogen (secondary N) is 2. The second-order valence-corrected chi connectivity index (χ2v) is 6.26. The molecule has 1 aliphatic carbocycles. The second-order valence-electron chi connectivity index (χ2n) is 5.01. The van der Waals surface area contributed by atoms with Crippen LogP contribution >= 0.6 is 22.6 Å². The van der Waals surface area contributed by atoms with Gasteiger partial charge in [-0.25, -0.2) is 0 Å². The first-order valence-electron chi connectivity index (χ1n) is 6.09. The van der Waals surface area contributed by atoms with Crippen LogP contribution < -0.4 is 10.6 Å². The molecule has 0 radical (unpaired) electrons. The Labute approximate surface area is 110 Å². The molecule has 2 nitrogen and oxygen atoms in total. The van der Waals surface area contributed by atoms with Crippen LogP contribution in [0, 0.1) is 3.57 Å². The van der Waals surface area contributed by atoms with Gasteiger partial charge in [-0.2, -0.15) is 0 Å². The molecule has 2 N–H and O–H groups in total. The lowest BCUT2D eigenvalue weighted by atomic mass is 9.80. The lowest BCUT2D eigenvalue weighted by molar-refractivity contribution is 0.334. The van der Waals surface area contributed by atoms with E-state index in [0.29, 0.717) is 5.54 Å². The lowest BCUT2D eigenvalue weighted by Crippen LogP contribution is -2.49. The van der Waals surface area contributed by atoms with Gasteiger partial charge in [-0.15, -0.1) is 0 Å². The van der Waals surface area contributed by atoms with Crippen molar-refractivity contribution in [3.63, 3.8) is 0 Å². The molecule has 16 heavy (non-hydrogen) atoms. The largest absolute Gasteiger partial charge is 0.381 e. The molecule has 1 saturated carbocycles. The minimum Gasteiger partial charge on any atom is -0.381 e. The number of hydrogen-bond donors (Lipinski definition) is 2. The highest BCUT2D eigenvalue weighted by Gasteiger charge is 2.34. The first kappa shape index (κ1) is 10.7. The highest BCUT2D eigenvalue weighted by atomic mass is 127. The highest BCUT2D eigenvalue weighted by molar-refractivity contribution is 14.1. The summed E-state index contributed by atoms with van der Waals surface area (Å²) in [6.07, 6.45) is 6.77. The minimum atomic E-state index is 0.331. The molecular weight excluding hydrogens is 311 g/mol. The summed E-state index contributed by atoms with van der Waals surface area (Å²) in [7, 11) is 0. The normalized spacial score (nSPS) is 22.1. The summed E-state index contributed by atoms with van der Waals surface area (Å²) in [5.74, 6) is 0. The van der Waals surface area contributed by atoms with E-state index in [9.17, 15) is 0 Å². The van der Waals surface area contributed by atoms with Crippen molar-refractivity contribution in [3.05, 3.63) is 21.8 Å². The number of hydrogen-bond acceptors (Lipinski definition) is 2. The maximum Gasteiger partial charge on any atom is 0.0587 e. The van der Waals surface area contributed by atoms with Crippen molar-refractivity contribution in [1.29, 1.82) is 0 Å². The van der Waals surface area contributed by atoms with Crippen molar-refractivity contribution in [2.45, 2.75) is 37.6 Å². The molecule has 0 saturated heterocycles. The first-order valence-corrected chi connectivity index (χ1v) is 7.17. The quantitative estimate of drug-likeness (QED) is 0.707. The molecule has 1 fully saturated rings. The molecular formula is C13H17IN2. The summed E-state index contributed by atoms with van der Waals surface area (Å²) in [5.41, 5.74) is 2.88. The molecule has 1 aromatic rings. The van der Waals surface area contributed by atoms with Crippen molar-refractivity contribution >= 4 is 34.0 Å². The fourth-order valence-corrected chi connectivity index (χ4v) is 3.39. The molecule has 0 atom stereocenters. The van der Waals surface area contributed by atoms with E-state index < -0.39 is 0 Å². The first-order chi connectivity index (χ1) is 7.77. The smallest absolute Gasteiger partial charge is 0.0587 e. The third-order valence-electron chi connectivity index (χ3n) is 3.81. The molecule has 0 aromatic heterocycles. The standard InChI is InChI=1S/C13H17IN2/c14-10-4-5-11-12(8-10)15-9-13(16-11)6-2-1-3-7-13/h4-5,8,15-16H,1-3,6-7,9H2. The van der Waals surface area contributed by atoms with Crippen molar-refractivity contribution in [2.75, 3.05) is 17.2 Å². The molecule has 1 heterocycles. The van der Waals surface area contributed by atoms with Gasteiger partial charge in [0, 0.05) is 10.1 Å². The van der Waals surface area contributed by atoms with Gasteiger partial charge in [0.05, 0.1) is 16.9 Å². The predicted molar refractivity (Wildman–Crippen MR) is 77.1 cm³/mol. The highest BCUT2D eigenvalue weighted by Crippen LogP contribution is 2.38. The molecule has 1 aliphatic heterocycles. The maximum absolute atomic E-state index is 3.77. The van der Waals surface area contributed by atoms with E-state index in [1.807, 2.05) is 0 Å². The second kappa shape index (κ2) is 4.09. The van der Waals surface area contributed by atoms with Gasteiger partial charge in [-0.05, 0) is 53.6 Å². The van der Waals surface area contributed by atoms with Gasteiger partial charge in [0.1, 0.15) is 0 Å². The predicted octanol–water partition coefficient (Wildman–Crippen LogP) is 3.83. The summed E-state index contributed by atoms with van der Waals surface area (Å²) in [4.78, 5) is 0. The fraction of sp³-hybridized carbons (Fsp3) is 0.538. The Kier molecular flexibility index (Phi) is 2.73. The molecule has 3 rings (SSSR count). The van der Waals surface area contributed by atoms with Crippen LogP contribution in [0.2, 0.25) is 0 Å². The van der Waals surface area contributed by atoms with Crippen molar-refractivity contribution in [1.82, 2.24) is 0 Å². The Morgan fingerprint density at radius 2 is 1.88 bits per heavy atom. The molecule has 86 valence electrons. The monoisotopic (exact) mass is 328 g/mol. The van der Waals surface area contributed by atoms with Gasteiger partial charge in [-0.3, -0.25) is 0 Å². The van der Waals surface area contributed by atoms with Crippen LogP contribution in [0.4, 0.5) is 11.4 Å². The molecule has 3 heteroatoms. The van der Waals surface area contributed by atoms with E-state index in [0.717, 1.165) is 6.54 Å². The topological polar surface area (TPSA) is 24.1 Å². The van der Waals surface area contributed by atoms with Gasteiger partial charge in [-0.1, -0.05) is 19.3 Å². The summed E-state index contributed by atoms with van der Waals surface area (Å²) in [5, 5.41) is 7.37. The van der Waals surface area contributed by atoms with Crippen molar-refractivity contribution in [3.8, 4) is 0 Å². The van der Waals surface area contributed by atoms with Gasteiger partial charge in [0.25, 0.3) is 0 Å². The van der Waals surface area contributed by atoms with Crippen LogP contribution in [0.25, 0.3) is 0 Å². The SMILES string of the molecule is Ic1ccc2c(c1)NCC1(CCCCC1)N2. The zero-order valence-corrected chi connectivity index (χ0v) is 11.5. The van der Waals surface area contributed by atoms with Crippen LogP contribution in [-0.2, 0) is 0 Å². The van der Waals surface area contributed by atoms with Gasteiger partial charge < -0.3 is 10.6 Å². The van der Waals surface area contributed by atoms with E-state index in [2.05, 4.69) is 51.4 Å². The Bertz CT molecular complexity index is 397. The van der Waals surface area contributed by atoms with Gasteiger partial charge in [0.2, 0.25) is 0 Å². The van der Waals surface area contributed by atoms with E-state index in [1.165, 1.54) is 47.0 Å². The van der Waals surface area contributed by atoms with Crippen molar-refractivity contribution in [2.24, 2.45) is 0 Å². The summed E-state index contributed by atoms with van der Waals surface area (Å²) in [6.45, 7) is 1.08. The molecule has 0 unspecified atom stereocenters. The molecule has 1 spiro atoms. The zero-order chi connectivity index (χ0) is 11.0. The molecule has 2 aliphatic rings. The van der Waals surface area contributed by atoms with Crippen LogP contribution in [0.3, 0.4) is 0 Å². The van der Waals surface area contributed by atoms with Crippen molar-refractivity contribution < 1.29 is 0 Å². The van der Waals surface area contributed by atoms with Crippen LogP contribution in [0.5, 0.6) is 0 Å². The number of rotatable bonds is 0. The zero-order valence-electron chi connectivity index (χ0n) is 9.35. The van der Waals surface area contributed by atoms with E-state index in [4.69, 9.17) is 0 Å². The maximum atomic E-state index is 3.77. The number of halogens is 1. The van der Waals surface area contributed by atoms with E-state index in [-0.39, 0.29) is 0 Å². The molecule has 1 aromatic carbocycles. The molecule has 0 bridgehead atoms. The number of anilines is 2. The molecule has 0 amide bonds. The minimum absolute atomic E-state index is 0.331. The third-order valence-corrected chi connectivity index (χ3v) is 4.48. The van der Waals surface area contributed by atoms with Gasteiger partial charge >= 0.3 is 0 Å². The fourth-order valence-electron chi connectivity index (χ4n) is 2.90. The average Bonchev–Trinajstić information content (AvgIpc) is 2.31. The Hall–Kier alpha value is -0.450.